The third-order valence-electron chi connectivity index (χ3n) is 5.01. The summed E-state index contributed by atoms with van der Waals surface area (Å²) in [6.07, 6.45) is 0. The number of ether oxygens (including phenoxy) is 3. The van der Waals surface area contributed by atoms with Gasteiger partial charge in [-0.1, -0.05) is 6.07 Å². The van der Waals surface area contributed by atoms with Crippen molar-refractivity contribution < 1.29 is 18.6 Å². The Kier molecular flexibility index (Phi) is 3.76. The largest absolute Gasteiger partial charge is 0.496 e. The topological polar surface area (TPSA) is 53.7 Å². The van der Waals surface area contributed by atoms with Gasteiger partial charge in [-0.2, -0.15) is 0 Å². The van der Waals surface area contributed by atoms with Gasteiger partial charge in [0.2, 0.25) is 12.7 Å². The highest BCUT2D eigenvalue weighted by atomic mass is 16.7. The van der Waals surface area contributed by atoms with Crippen molar-refractivity contribution in [3.63, 3.8) is 0 Å². The fourth-order valence-electron chi connectivity index (χ4n) is 3.70. The summed E-state index contributed by atoms with van der Waals surface area (Å²) in [6, 6.07) is 16.0. The second kappa shape index (κ2) is 6.30. The second-order valence-corrected chi connectivity index (χ2v) is 6.91. The summed E-state index contributed by atoms with van der Waals surface area (Å²) in [4.78, 5) is 4.62. The average Bonchev–Trinajstić information content (AvgIpc) is 3.33. The van der Waals surface area contributed by atoms with Crippen LogP contribution in [0.15, 0.2) is 52.9 Å². The molecule has 1 aromatic heterocycles. The Morgan fingerprint density at radius 1 is 0.821 bits per heavy atom. The van der Waals surface area contributed by atoms with Crippen molar-refractivity contribution >= 4 is 11.1 Å². The molecule has 1 aliphatic rings. The van der Waals surface area contributed by atoms with Crippen LogP contribution >= 0.6 is 0 Å². The Balaban J connectivity index is 1.56. The van der Waals surface area contributed by atoms with Gasteiger partial charge < -0.3 is 18.6 Å². The lowest BCUT2D eigenvalue weighted by molar-refractivity contribution is 0.174. The number of aryl methyl sites for hydroxylation is 2. The van der Waals surface area contributed by atoms with E-state index in [-0.39, 0.29) is 6.79 Å². The van der Waals surface area contributed by atoms with Gasteiger partial charge in [0.15, 0.2) is 17.1 Å². The van der Waals surface area contributed by atoms with E-state index in [4.69, 9.17) is 18.6 Å². The van der Waals surface area contributed by atoms with Crippen LogP contribution in [0.1, 0.15) is 11.1 Å². The van der Waals surface area contributed by atoms with Crippen LogP contribution < -0.4 is 14.2 Å². The minimum Gasteiger partial charge on any atom is -0.496 e. The smallest absolute Gasteiger partial charge is 0.231 e. The zero-order valence-electron chi connectivity index (χ0n) is 15.9. The van der Waals surface area contributed by atoms with E-state index in [1.54, 1.807) is 7.11 Å². The summed E-state index contributed by atoms with van der Waals surface area (Å²) in [5.74, 6) is 2.94. The molecule has 5 nitrogen and oxygen atoms in total. The molecule has 0 unspecified atom stereocenters. The zero-order chi connectivity index (χ0) is 19.3. The molecule has 0 fully saturated rings. The Hall–Kier alpha value is -3.47. The molecule has 5 rings (SSSR count). The molecule has 3 aromatic carbocycles. The van der Waals surface area contributed by atoms with Crippen LogP contribution in [-0.4, -0.2) is 18.9 Å². The number of rotatable bonds is 3. The maximum absolute atomic E-state index is 6.05. The monoisotopic (exact) mass is 373 g/mol. The van der Waals surface area contributed by atoms with Crippen LogP contribution in [0.25, 0.3) is 33.7 Å². The van der Waals surface area contributed by atoms with Gasteiger partial charge in [0, 0.05) is 5.56 Å². The molecule has 0 spiro atoms. The molecule has 1 aliphatic heterocycles. The van der Waals surface area contributed by atoms with Gasteiger partial charge in [0.25, 0.3) is 0 Å². The lowest BCUT2D eigenvalue weighted by atomic mass is 9.99. The van der Waals surface area contributed by atoms with Gasteiger partial charge in [-0.25, -0.2) is 4.98 Å². The maximum Gasteiger partial charge on any atom is 0.231 e. The minimum atomic E-state index is 0.246. The van der Waals surface area contributed by atoms with Crippen LogP contribution in [0, 0.1) is 13.8 Å². The third kappa shape index (κ3) is 2.67. The number of aromatic nitrogens is 1. The van der Waals surface area contributed by atoms with E-state index < -0.39 is 0 Å². The van der Waals surface area contributed by atoms with Gasteiger partial charge in [0.05, 0.1) is 7.11 Å². The van der Waals surface area contributed by atoms with Gasteiger partial charge in [-0.15, -0.1) is 0 Å². The highest BCUT2D eigenvalue weighted by molar-refractivity contribution is 5.83. The lowest BCUT2D eigenvalue weighted by Gasteiger charge is -2.11. The number of methoxy groups -OCH3 is 1. The number of hydrogen-bond donors (Lipinski definition) is 0. The second-order valence-electron chi connectivity index (χ2n) is 6.91. The maximum atomic E-state index is 6.05. The van der Waals surface area contributed by atoms with E-state index in [9.17, 15) is 0 Å². The molecule has 2 heterocycles. The van der Waals surface area contributed by atoms with Crippen molar-refractivity contribution in [2.45, 2.75) is 13.8 Å². The van der Waals surface area contributed by atoms with Crippen LogP contribution in [0.4, 0.5) is 0 Å². The summed E-state index contributed by atoms with van der Waals surface area (Å²) in [7, 11) is 1.70. The van der Waals surface area contributed by atoms with Crippen molar-refractivity contribution in [1.29, 1.82) is 0 Å². The average molecular weight is 373 g/mol. The molecule has 4 aromatic rings. The Labute approximate surface area is 162 Å². The first-order valence-electron chi connectivity index (χ1n) is 9.08. The molecule has 0 atom stereocenters. The third-order valence-corrected chi connectivity index (χ3v) is 5.01. The molecule has 0 radical (unpaired) electrons. The van der Waals surface area contributed by atoms with E-state index in [2.05, 4.69) is 37.0 Å². The van der Waals surface area contributed by atoms with Crippen molar-refractivity contribution in [2.24, 2.45) is 0 Å². The van der Waals surface area contributed by atoms with E-state index in [1.807, 2.05) is 30.3 Å². The number of hydrogen-bond acceptors (Lipinski definition) is 5. The van der Waals surface area contributed by atoms with Gasteiger partial charge in [-0.05, 0) is 78.6 Å². The zero-order valence-corrected chi connectivity index (χ0v) is 15.9. The normalized spacial score (nSPS) is 12.5. The van der Waals surface area contributed by atoms with E-state index in [0.717, 1.165) is 50.4 Å². The van der Waals surface area contributed by atoms with Crippen LogP contribution in [-0.2, 0) is 0 Å². The highest BCUT2D eigenvalue weighted by Gasteiger charge is 2.17. The Bertz CT molecular complexity index is 1190. The standard InChI is InChI=1S/C23H19NO4/c1-13-8-17(9-14(2)22(13)25-3)15-4-6-18-20(10-15)28-23(24-18)16-5-7-19-21(11-16)27-12-26-19/h4-11H,12H2,1-3H3. The summed E-state index contributed by atoms with van der Waals surface area (Å²) < 4.78 is 22.3. The van der Waals surface area contributed by atoms with Gasteiger partial charge in [0.1, 0.15) is 11.3 Å². The number of nitrogens with zero attached hydrogens (tertiary/aromatic N) is 1. The molecule has 0 N–H and O–H groups in total. The molecule has 0 amide bonds. The SMILES string of the molecule is COc1c(C)cc(-c2ccc3nc(-c4ccc5c(c4)OCO5)oc3c2)cc1C. The lowest BCUT2D eigenvalue weighted by Crippen LogP contribution is -1.92. The molecule has 28 heavy (non-hydrogen) atoms. The highest BCUT2D eigenvalue weighted by Crippen LogP contribution is 2.37. The van der Waals surface area contributed by atoms with Crippen molar-refractivity contribution in [3.8, 4) is 39.8 Å². The first kappa shape index (κ1) is 16.7. The first-order valence-corrected chi connectivity index (χ1v) is 9.08. The van der Waals surface area contributed by atoms with Crippen molar-refractivity contribution in [1.82, 2.24) is 4.98 Å². The van der Waals surface area contributed by atoms with Crippen LogP contribution in [0.2, 0.25) is 0 Å². The van der Waals surface area contributed by atoms with E-state index in [1.165, 1.54) is 0 Å². The fraction of sp³-hybridized carbons (Fsp3) is 0.174. The predicted molar refractivity (Wildman–Crippen MR) is 107 cm³/mol. The van der Waals surface area contributed by atoms with Gasteiger partial charge in [-0.3, -0.25) is 0 Å². The summed E-state index contributed by atoms with van der Waals surface area (Å²) in [5, 5.41) is 0. The summed E-state index contributed by atoms with van der Waals surface area (Å²) in [6.45, 7) is 4.36. The molecular weight excluding hydrogens is 354 g/mol. The van der Waals surface area contributed by atoms with Crippen LogP contribution in [0.5, 0.6) is 17.2 Å². The molecule has 0 saturated heterocycles. The van der Waals surface area contributed by atoms with Gasteiger partial charge >= 0.3 is 0 Å². The molecular formula is C23H19NO4. The molecule has 0 bridgehead atoms. The van der Waals surface area contributed by atoms with E-state index >= 15 is 0 Å². The summed E-state index contributed by atoms with van der Waals surface area (Å²) in [5.41, 5.74) is 6.84. The number of fused-ring (bicyclic) bond motifs is 2. The number of oxazole rings is 1. The number of benzene rings is 3. The minimum absolute atomic E-state index is 0.246. The van der Waals surface area contributed by atoms with E-state index in [0.29, 0.717) is 11.6 Å². The molecule has 140 valence electrons. The van der Waals surface area contributed by atoms with Crippen molar-refractivity contribution in [2.75, 3.05) is 13.9 Å². The molecule has 0 aliphatic carbocycles. The van der Waals surface area contributed by atoms with Crippen LogP contribution in [0.3, 0.4) is 0 Å². The Morgan fingerprint density at radius 2 is 1.57 bits per heavy atom. The quantitative estimate of drug-likeness (QED) is 0.473. The first-order chi connectivity index (χ1) is 13.6. The molecule has 0 saturated carbocycles. The summed E-state index contributed by atoms with van der Waals surface area (Å²) >= 11 is 0. The Morgan fingerprint density at radius 3 is 2.36 bits per heavy atom. The fourth-order valence-corrected chi connectivity index (χ4v) is 3.70. The predicted octanol–water partition coefficient (Wildman–Crippen LogP) is 5.52. The molecule has 5 heteroatoms. The van der Waals surface area contributed by atoms with Crippen molar-refractivity contribution in [3.05, 3.63) is 59.7 Å².